The van der Waals surface area contributed by atoms with E-state index in [1.165, 1.54) is 31.6 Å². The number of nitrogen functional groups attached to an aromatic ring is 1. The lowest BCUT2D eigenvalue weighted by Crippen LogP contribution is -2.22. The molecule has 1 unspecified atom stereocenters. The average Bonchev–Trinajstić information content (AvgIpc) is 2.83. The average molecular weight is 441 g/mol. The Bertz CT molecular complexity index is 1400. The number of amides is 1. The summed E-state index contributed by atoms with van der Waals surface area (Å²) >= 11 is 0. The second-order valence-corrected chi connectivity index (χ2v) is 7.31. The minimum Gasteiger partial charge on any atom is -0.382 e. The summed E-state index contributed by atoms with van der Waals surface area (Å²) < 4.78 is 14.2. The fourth-order valence-corrected chi connectivity index (χ4v) is 3.72. The molecule has 9 heteroatoms. The summed E-state index contributed by atoms with van der Waals surface area (Å²) in [7, 11) is 1.52. The third-order valence-electron chi connectivity index (χ3n) is 5.24. The summed E-state index contributed by atoms with van der Waals surface area (Å²) in [5.74, 6) is -0.538. The molecule has 1 atom stereocenters. The molecule has 164 valence electrons. The molecule has 1 amide bonds. The van der Waals surface area contributed by atoms with Gasteiger partial charge < -0.3 is 16.4 Å². The SMILES string of the molecule is CNC(=O)c1c(-c2ccccc2)c(C(C)Nc2ncnc(N)c2C#N)nc2ccc(F)cc12. The molecule has 0 radical (unpaired) electrons. The van der Waals surface area contributed by atoms with Crippen LogP contribution in [0.3, 0.4) is 0 Å². The van der Waals surface area contributed by atoms with Gasteiger partial charge in [0.05, 0.1) is 22.8 Å². The Morgan fingerprint density at radius 3 is 2.64 bits per heavy atom. The molecule has 0 saturated carbocycles. The van der Waals surface area contributed by atoms with Crippen LogP contribution in [-0.4, -0.2) is 27.9 Å². The number of nitrogens with zero attached hydrogens (tertiary/aromatic N) is 4. The number of anilines is 2. The molecule has 0 fully saturated rings. The predicted molar refractivity (Wildman–Crippen MR) is 124 cm³/mol. The summed E-state index contributed by atoms with van der Waals surface area (Å²) in [4.78, 5) is 25.8. The van der Waals surface area contributed by atoms with Crippen molar-refractivity contribution in [1.82, 2.24) is 20.3 Å². The van der Waals surface area contributed by atoms with Crippen LogP contribution in [0.15, 0.2) is 54.9 Å². The number of pyridine rings is 1. The second kappa shape index (κ2) is 8.88. The lowest BCUT2D eigenvalue weighted by Gasteiger charge is -2.22. The molecule has 0 saturated heterocycles. The lowest BCUT2D eigenvalue weighted by atomic mass is 9.91. The number of nitriles is 1. The highest BCUT2D eigenvalue weighted by Gasteiger charge is 2.25. The van der Waals surface area contributed by atoms with Crippen molar-refractivity contribution in [3.05, 3.63) is 77.5 Å². The molecule has 0 spiro atoms. The highest BCUT2D eigenvalue weighted by atomic mass is 19.1. The van der Waals surface area contributed by atoms with Gasteiger partial charge in [-0.1, -0.05) is 30.3 Å². The van der Waals surface area contributed by atoms with Crippen molar-refractivity contribution >= 4 is 28.4 Å². The van der Waals surface area contributed by atoms with E-state index in [-0.39, 0.29) is 23.1 Å². The summed E-state index contributed by atoms with van der Waals surface area (Å²) in [5, 5.41) is 15.7. The number of fused-ring (bicyclic) bond motifs is 1. The van der Waals surface area contributed by atoms with Crippen LogP contribution in [0.25, 0.3) is 22.0 Å². The fraction of sp³-hybridized carbons (Fsp3) is 0.125. The van der Waals surface area contributed by atoms with Gasteiger partial charge in [0.1, 0.15) is 35.4 Å². The molecule has 2 heterocycles. The summed E-state index contributed by atoms with van der Waals surface area (Å²) in [6.07, 6.45) is 1.26. The van der Waals surface area contributed by atoms with E-state index < -0.39 is 11.9 Å². The third kappa shape index (κ3) is 4.02. The van der Waals surface area contributed by atoms with Crippen molar-refractivity contribution in [1.29, 1.82) is 5.26 Å². The Labute approximate surface area is 189 Å². The number of carbonyl (C=O) groups is 1. The van der Waals surface area contributed by atoms with Gasteiger partial charge in [0.2, 0.25) is 0 Å². The molecular weight excluding hydrogens is 421 g/mol. The zero-order valence-electron chi connectivity index (χ0n) is 17.9. The van der Waals surface area contributed by atoms with Gasteiger partial charge in [0, 0.05) is 18.0 Å². The molecule has 0 aliphatic heterocycles. The van der Waals surface area contributed by atoms with Crippen molar-refractivity contribution in [2.75, 3.05) is 18.1 Å². The van der Waals surface area contributed by atoms with Crippen LogP contribution in [0.5, 0.6) is 0 Å². The van der Waals surface area contributed by atoms with Crippen LogP contribution in [0, 0.1) is 17.1 Å². The zero-order valence-corrected chi connectivity index (χ0v) is 17.9. The van der Waals surface area contributed by atoms with Crippen LogP contribution in [0.2, 0.25) is 0 Å². The first-order valence-electron chi connectivity index (χ1n) is 10.1. The van der Waals surface area contributed by atoms with E-state index in [1.807, 2.05) is 43.3 Å². The van der Waals surface area contributed by atoms with E-state index in [0.29, 0.717) is 27.7 Å². The number of nitrogens with two attached hydrogens (primary N) is 1. The fourth-order valence-electron chi connectivity index (χ4n) is 3.72. The van der Waals surface area contributed by atoms with Gasteiger partial charge in [-0.3, -0.25) is 4.79 Å². The first-order valence-corrected chi connectivity index (χ1v) is 10.1. The smallest absolute Gasteiger partial charge is 0.252 e. The zero-order chi connectivity index (χ0) is 23.5. The number of aromatic nitrogens is 3. The maximum atomic E-state index is 14.2. The predicted octanol–water partition coefficient (Wildman–Crippen LogP) is 3.82. The maximum Gasteiger partial charge on any atom is 0.252 e. The largest absolute Gasteiger partial charge is 0.382 e. The summed E-state index contributed by atoms with van der Waals surface area (Å²) in [5.41, 5.74) is 8.51. The number of halogens is 1. The van der Waals surface area contributed by atoms with Gasteiger partial charge in [0.15, 0.2) is 0 Å². The third-order valence-corrected chi connectivity index (χ3v) is 5.24. The number of rotatable bonds is 5. The molecule has 33 heavy (non-hydrogen) atoms. The number of hydrogen-bond acceptors (Lipinski definition) is 7. The van der Waals surface area contributed by atoms with E-state index >= 15 is 0 Å². The van der Waals surface area contributed by atoms with Crippen LogP contribution in [0.4, 0.5) is 16.0 Å². The summed E-state index contributed by atoms with van der Waals surface area (Å²) in [6, 6.07) is 14.9. The van der Waals surface area contributed by atoms with Crippen molar-refractivity contribution < 1.29 is 9.18 Å². The van der Waals surface area contributed by atoms with Crippen molar-refractivity contribution in [2.45, 2.75) is 13.0 Å². The quantitative estimate of drug-likeness (QED) is 0.429. The molecule has 8 nitrogen and oxygen atoms in total. The van der Waals surface area contributed by atoms with Gasteiger partial charge in [-0.2, -0.15) is 5.26 Å². The van der Waals surface area contributed by atoms with Crippen molar-refractivity contribution in [3.8, 4) is 17.2 Å². The van der Waals surface area contributed by atoms with E-state index in [2.05, 4.69) is 20.6 Å². The van der Waals surface area contributed by atoms with Crippen LogP contribution in [-0.2, 0) is 0 Å². The standard InChI is InChI=1S/C24H20FN7O/c1-13(31-23-17(11-26)22(27)29-12-30-23)21-19(14-6-4-3-5-7-14)20(24(33)28-2)16-10-15(25)8-9-18(16)32-21/h3-10,12-13H,1-2H3,(H,28,33)(H3,27,29,30,31). The van der Waals surface area contributed by atoms with Gasteiger partial charge >= 0.3 is 0 Å². The molecule has 0 aliphatic carbocycles. The lowest BCUT2D eigenvalue weighted by molar-refractivity contribution is 0.0965. The molecule has 4 rings (SSSR count). The molecule has 2 aromatic heterocycles. The normalized spacial score (nSPS) is 11.6. The van der Waals surface area contributed by atoms with Crippen LogP contribution in [0.1, 0.15) is 34.6 Å². The van der Waals surface area contributed by atoms with Crippen molar-refractivity contribution in [3.63, 3.8) is 0 Å². The number of carbonyl (C=O) groups excluding carboxylic acids is 1. The molecular formula is C24H20FN7O. The van der Waals surface area contributed by atoms with E-state index in [4.69, 9.17) is 10.7 Å². The van der Waals surface area contributed by atoms with Gasteiger partial charge in [-0.25, -0.2) is 19.3 Å². The Morgan fingerprint density at radius 1 is 1.18 bits per heavy atom. The Morgan fingerprint density at radius 2 is 1.94 bits per heavy atom. The highest BCUT2D eigenvalue weighted by Crippen LogP contribution is 2.36. The van der Waals surface area contributed by atoms with E-state index in [1.54, 1.807) is 0 Å². The number of hydrogen-bond donors (Lipinski definition) is 3. The summed E-state index contributed by atoms with van der Waals surface area (Å²) in [6.45, 7) is 1.83. The minimum absolute atomic E-state index is 0.0541. The maximum absolute atomic E-state index is 14.2. The first-order chi connectivity index (χ1) is 15.9. The Hall–Kier alpha value is -4.58. The topological polar surface area (TPSA) is 130 Å². The second-order valence-electron chi connectivity index (χ2n) is 7.31. The van der Waals surface area contributed by atoms with Gasteiger partial charge in [-0.15, -0.1) is 0 Å². The molecule has 4 N–H and O–H groups in total. The van der Waals surface area contributed by atoms with Crippen LogP contribution < -0.4 is 16.4 Å². The minimum atomic E-state index is -0.500. The number of nitrogens with one attached hydrogen (secondary N) is 2. The molecule has 4 aromatic rings. The van der Waals surface area contributed by atoms with Gasteiger partial charge in [-0.05, 0) is 30.7 Å². The molecule has 0 bridgehead atoms. The first kappa shape index (κ1) is 21.6. The molecule has 2 aromatic carbocycles. The van der Waals surface area contributed by atoms with E-state index in [9.17, 15) is 14.4 Å². The van der Waals surface area contributed by atoms with Crippen LogP contribution >= 0.6 is 0 Å². The van der Waals surface area contributed by atoms with E-state index in [0.717, 1.165) is 5.56 Å². The Kier molecular flexibility index (Phi) is 5.83. The van der Waals surface area contributed by atoms with Crippen molar-refractivity contribution in [2.24, 2.45) is 0 Å². The monoisotopic (exact) mass is 441 g/mol. The number of benzene rings is 2. The van der Waals surface area contributed by atoms with Gasteiger partial charge in [0.25, 0.3) is 5.91 Å². The Balaban J connectivity index is 2.00. The molecule has 0 aliphatic rings. The highest BCUT2D eigenvalue weighted by molar-refractivity contribution is 6.12.